The highest BCUT2D eigenvalue weighted by molar-refractivity contribution is 5.82. The molecule has 0 saturated carbocycles. The van der Waals surface area contributed by atoms with Gasteiger partial charge in [0.2, 0.25) is 5.91 Å². The Balaban J connectivity index is 1.50. The van der Waals surface area contributed by atoms with Gasteiger partial charge in [0.25, 0.3) is 0 Å². The molecule has 2 unspecified atom stereocenters. The van der Waals surface area contributed by atoms with Crippen molar-refractivity contribution in [3.8, 4) is 17.2 Å². The minimum absolute atomic E-state index is 0.0386. The third-order valence-corrected chi connectivity index (χ3v) is 5.26. The van der Waals surface area contributed by atoms with Crippen molar-refractivity contribution < 1.29 is 19.0 Å². The first kappa shape index (κ1) is 22.9. The van der Waals surface area contributed by atoms with Crippen molar-refractivity contribution >= 4 is 5.91 Å². The van der Waals surface area contributed by atoms with Crippen LogP contribution in [0.3, 0.4) is 0 Å². The molecule has 1 heterocycles. The summed E-state index contributed by atoms with van der Waals surface area (Å²) >= 11 is 0. The summed E-state index contributed by atoms with van der Waals surface area (Å²) in [5.41, 5.74) is 8.42. The van der Waals surface area contributed by atoms with Gasteiger partial charge in [-0.1, -0.05) is 31.5 Å². The number of nitrogens with one attached hydrogen (secondary N) is 3. The first-order valence-corrected chi connectivity index (χ1v) is 11.0. The number of amides is 1. The van der Waals surface area contributed by atoms with Crippen molar-refractivity contribution in [1.29, 1.82) is 0 Å². The fraction of sp³-hybridized carbons (Fsp3) is 0.458. The number of methoxy groups -OCH3 is 1. The highest BCUT2D eigenvalue weighted by atomic mass is 16.5. The van der Waals surface area contributed by atoms with Crippen LogP contribution in [-0.2, 0) is 11.3 Å². The number of rotatable bonds is 11. The molecule has 2 aromatic rings. The van der Waals surface area contributed by atoms with Crippen molar-refractivity contribution in [1.82, 2.24) is 16.2 Å². The monoisotopic (exact) mass is 427 g/mol. The van der Waals surface area contributed by atoms with Crippen LogP contribution >= 0.6 is 0 Å². The van der Waals surface area contributed by atoms with Crippen molar-refractivity contribution in [3.63, 3.8) is 0 Å². The molecule has 3 N–H and O–H groups in total. The zero-order chi connectivity index (χ0) is 22.1. The number of hydrogen-bond donors (Lipinski definition) is 3. The number of unbranched alkanes of at least 4 members (excludes halogenated alkanes) is 1. The Morgan fingerprint density at radius 1 is 1.06 bits per heavy atom. The fourth-order valence-electron chi connectivity index (χ4n) is 3.49. The summed E-state index contributed by atoms with van der Waals surface area (Å²) < 4.78 is 16.6. The highest BCUT2D eigenvalue weighted by Crippen LogP contribution is 2.28. The standard InChI is InChI=1S/C24H33N3O4/c1-4-6-13-31-19-10-8-18(9-11-19)20-15-21(27-26-20)24(28)25-16-17-7-12-22(29-3)23(14-17)30-5-2/h7-12,14,20-21,26-27H,4-6,13,15-16H2,1-3H3,(H,25,28). The van der Waals surface area contributed by atoms with Gasteiger partial charge in [0.05, 0.1) is 20.3 Å². The molecular weight excluding hydrogens is 394 g/mol. The van der Waals surface area contributed by atoms with Crippen LogP contribution in [0.2, 0.25) is 0 Å². The van der Waals surface area contributed by atoms with Crippen LogP contribution in [0.1, 0.15) is 50.3 Å². The van der Waals surface area contributed by atoms with E-state index < -0.39 is 0 Å². The van der Waals surface area contributed by atoms with Gasteiger partial charge in [0.1, 0.15) is 11.8 Å². The van der Waals surface area contributed by atoms with Crippen LogP contribution in [0.4, 0.5) is 0 Å². The number of benzene rings is 2. The van der Waals surface area contributed by atoms with E-state index in [1.807, 2.05) is 49.4 Å². The van der Waals surface area contributed by atoms with Crippen LogP contribution in [-0.4, -0.2) is 32.3 Å². The second kappa shape index (κ2) is 11.6. The van der Waals surface area contributed by atoms with Gasteiger partial charge >= 0.3 is 0 Å². The predicted octanol–water partition coefficient (Wildman–Crippen LogP) is 3.50. The van der Waals surface area contributed by atoms with Gasteiger partial charge in [0, 0.05) is 12.6 Å². The Hall–Kier alpha value is -2.77. The maximum absolute atomic E-state index is 12.6. The number of ether oxygens (including phenoxy) is 3. The number of hydrazine groups is 1. The molecule has 0 aliphatic carbocycles. The van der Waals surface area contributed by atoms with E-state index in [0.717, 1.165) is 36.3 Å². The molecule has 1 aliphatic heterocycles. The van der Waals surface area contributed by atoms with Crippen molar-refractivity contribution in [3.05, 3.63) is 53.6 Å². The van der Waals surface area contributed by atoms with E-state index in [-0.39, 0.29) is 18.0 Å². The van der Waals surface area contributed by atoms with E-state index in [0.29, 0.717) is 31.1 Å². The number of hydrogen-bond acceptors (Lipinski definition) is 6. The molecule has 0 bridgehead atoms. The summed E-state index contributed by atoms with van der Waals surface area (Å²) in [6, 6.07) is 13.5. The Morgan fingerprint density at radius 3 is 2.58 bits per heavy atom. The summed E-state index contributed by atoms with van der Waals surface area (Å²) in [5.74, 6) is 2.20. The van der Waals surface area contributed by atoms with Crippen LogP contribution in [0, 0.1) is 0 Å². The van der Waals surface area contributed by atoms with Crippen molar-refractivity contribution in [2.45, 2.75) is 51.7 Å². The fourth-order valence-corrected chi connectivity index (χ4v) is 3.49. The highest BCUT2D eigenvalue weighted by Gasteiger charge is 2.30. The second-order valence-electron chi connectivity index (χ2n) is 7.54. The molecule has 1 amide bonds. The maximum Gasteiger partial charge on any atom is 0.238 e. The van der Waals surface area contributed by atoms with E-state index in [2.05, 4.69) is 23.1 Å². The predicted molar refractivity (Wildman–Crippen MR) is 120 cm³/mol. The van der Waals surface area contributed by atoms with Gasteiger partial charge in [-0.15, -0.1) is 0 Å². The first-order chi connectivity index (χ1) is 15.1. The molecule has 2 atom stereocenters. The van der Waals surface area contributed by atoms with Gasteiger partial charge in [-0.05, 0) is 55.2 Å². The zero-order valence-electron chi connectivity index (χ0n) is 18.6. The molecule has 1 saturated heterocycles. The molecule has 0 aromatic heterocycles. The topological polar surface area (TPSA) is 80.9 Å². The third-order valence-electron chi connectivity index (χ3n) is 5.26. The molecule has 7 nitrogen and oxygen atoms in total. The lowest BCUT2D eigenvalue weighted by molar-refractivity contribution is -0.123. The normalized spacial score (nSPS) is 17.9. The number of carbonyl (C=O) groups excluding carboxylic acids is 1. The SMILES string of the molecule is CCCCOc1ccc(C2CC(C(=O)NCc3ccc(OC)c(OCC)c3)NN2)cc1. The van der Waals surface area contributed by atoms with Gasteiger partial charge in [0.15, 0.2) is 11.5 Å². The van der Waals surface area contributed by atoms with E-state index in [1.54, 1.807) is 7.11 Å². The van der Waals surface area contributed by atoms with E-state index in [4.69, 9.17) is 14.2 Å². The molecule has 3 rings (SSSR count). The summed E-state index contributed by atoms with van der Waals surface area (Å²) in [6.45, 7) is 5.79. The molecule has 31 heavy (non-hydrogen) atoms. The van der Waals surface area contributed by atoms with E-state index >= 15 is 0 Å². The molecular formula is C24H33N3O4. The van der Waals surface area contributed by atoms with Crippen LogP contribution in [0.5, 0.6) is 17.2 Å². The quantitative estimate of drug-likeness (QED) is 0.476. The van der Waals surface area contributed by atoms with Crippen molar-refractivity contribution in [2.75, 3.05) is 20.3 Å². The molecule has 7 heteroatoms. The Kier molecular flexibility index (Phi) is 8.55. The van der Waals surface area contributed by atoms with Gasteiger partial charge in [-0.2, -0.15) is 0 Å². The van der Waals surface area contributed by atoms with Crippen molar-refractivity contribution in [2.24, 2.45) is 0 Å². The lowest BCUT2D eigenvalue weighted by atomic mass is 10.0. The second-order valence-corrected chi connectivity index (χ2v) is 7.54. The van der Waals surface area contributed by atoms with E-state index in [1.165, 1.54) is 0 Å². The summed E-state index contributed by atoms with van der Waals surface area (Å²) in [5, 5.41) is 3.00. The zero-order valence-corrected chi connectivity index (χ0v) is 18.6. The molecule has 0 radical (unpaired) electrons. The van der Waals surface area contributed by atoms with E-state index in [9.17, 15) is 4.79 Å². The molecule has 168 valence electrons. The third kappa shape index (κ3) is 6.35. The summed E-state index contributed by atoms with van der Waals surface area (Å²) in [7, 11) is 1.61. The van der Waals surface area contributed by atoms with Gasteiger partial charge < -0.3 is 19.5 Å². The largest absolute Gasteiger partial charge is 0.494 e. The molecule has 0 spiro atoms. The lowest BCUT2D eigenvalue weighted by Crippen LogP contribution is -2.42. The molecule has 1 fully saturated rings. The Bertz CT molecular complexity index is 841. The minimum atomic E-state index is -0.296. The summed E-state index contributed by atoms with van der Waals surface area (Å²) in [6.07, 6.45) is 2.84. The van der Waals surface area contributed by atoms with Gasteiger partial charge in [-0.25, -0.2) is 10.9 Å². The average molecular weight is 428 g/mol. The minimum Gasteiger partial charge on any atom is -0.494 e. The Labute approximate surface area is 184 Å². The summed E-state index contributed by atoms with van der Waals surface area (Å²) in [4.78, 5) is 12.6. The van der Waals surface area contributed by atoms with Crippen LogP contribution in [0.15, 0.2) is 42.5 Å². The Morgan fingerprint density at radius 2 is 1.87 bits per heavy atom. The number of carbonyl (C=O) groups is 1. The lowest BCUT2D eigenvalue weighted by Gasteiger charge is -2.13. The maximum atomic E-state index is 12.6. The van der Waals surface area contributed by atoms with Crippen LogP contribution < -0.4 is 30.4 Å². The van der Waals surface area contributed by atoms with Gasteiger partial charge in [-0.3, -0.25) is 4.79 Å². The van der Waals surface area contributed by atoms with Crippen LogP contribution in [0.25, 0.3) is 0 Å². The first-order valence-electron chi connectivity index (χ1n) is 11.0. The molecule has 2 aromatic carbocycles. The molecule has 1 aliphatic rings. The smallest absolute Gasteiger partial charge is 0.238 e. The average Bonchev–Trinajstić information content (AvgIpc) is 3.29.